The predicted molar refractivity (Wildman–Crippen MR) is 106 cm³/mol. The number of benzene rings is 1. The quantitative estimate of drug-likeness (QED) is 0.283. The number of aryl methyl sites for hydroxylation is 1. The second kappa shape index (κ2) is 10.8. The van der Waals surface area contributed by atoms with E-state index in [-0.39, 0.29) is 23.6 Å². The van der Waals surface area contributed by atoms with Crippen molar-refractivity contribution in [3.05, 3.63) is 51.9 Å². The van der Waals surface area contributed by atoms with Crippen molar-refractivity contribution in [1.29, 1.82) is 0 Å². The maximum atomic E-state index is 11.9. The number of carbonyl (C=O) groups is 2. The Balaban J connectivity index is 1.74. The number of carbonyl (C=O) groups excluding carboxylic acids is 2. The van der Waals surface area contributed by atoms with Gasteiger partial charge in [-0.3, -0.25) is 14.4 Å². The minimum atomic E-state index is -0.479. The van der Waals surface area contributed by atoms with E-state index in [1.165, 1.54) is 18.7 Å². The van der Waals surface area contributed by atoms with Gasteiger partial charge in [0.15, 0.2) is 5.16 Å². The lowest BCUT2D eigenvalue weighted by Crippen LogP contribution is -2.27. The highest BCUT2D eigenvalue weighted by atomic mass is 32.2. The van der Waals surface area contributed by atoms with Crippen molar-refractivity contribution in [2.45, 2.75) is 23.4 Å². The summed E-state index contributed by atoms with van der Waals surface area (Å²) in [6.45, 7) is 2.59. The SMILES string of the molecule is COC(=O)Cc1cc(=O)[nH]c(SCC(=O)NCCSc2ccc(C)cc2)n1. The van der Waals surface area contributed by atoms with Gasteiger partial charge in [-0.25, -0.2) is 4.98 Å². The van der Waals surface area contributed by atoms with Gasteiger partial charge >= 0.3 is 5.97 Å². The monoisotopic (exact) mass is 407 g/mol. The molecular formula is C18H21N3O4S2. The molecule has 0 fully saturated rings. The molecule has 7 nitrogen and oxygen atoms in total. The standard InChI is InChI=1S/C18H21N3O4S2/c1-12-3-5-14(6-4-12)26-8-7-19-16(23)11-27-18-20-13(9-15(22)21-18)10-17(24)25-2/h3-6,9H,7-8,10-11H2,1-2H3,(H,19,23)(H,20,21,22). The summed E-state index contributed by atoms with van der Waals surface area (Å²) in [4.78, 5) is 42.7. The molecular weight excluding hydrogens is 386 g/mol. The molecule has 0 saturated heterocycles. The summed E-state index contributed by atoms with van der Waals surface area (Å²) in [7, 11) is 1.27. The van der Waals surface area contributed by atoms with Crippen LogP contribution in [-0.2, 0) is 20.7 Å². The minimum Gasteiger partial charge on any atom is -0.469 e. The van der Waals surface area contributed by atoms with Crippen LogP contribution in [0.15, 0.2) is 45.2 Å². The average Bonchev–Trinajstić information content (AvgIpc) is 2.64. The molecule has 0 saturated carbocycles. The van der Waals surface area contributed by atoms with E-state index in [0.29, 0.717) is 17.4 Å². The number of methoxy groups -OCH3 is 1. The lowest BCUT2D eigenvalue weighted by Gasteiger charge is -2.06. The van der Waals surface area contributed by atoms with Crippen molar-refractivity contribution in [2.24, 2.45) is 0 Å². The summed E-state index contributed by atoms with van der Waals surface area (Å²) in [5, 5.41) is 3.13. The van der Waals surface area contributed by atoms with Gasteiger partial charge in [-0.1, -0.05) is 29.5 Å². The molecule has 144 valence electrons. The molecule has 0 aliphatic rings. The van der Waals surface area contributed by atoms with Crippen molar-refractivity contribution in [2.75, 3.05) is 25.2 Å². The number of amides is 1. The first kappa shape index (κ1) is 21.0. The number of thioether (sulfide) groups is 2. The van der Waals surface area contributed by atoms with Crippen LogP contribution in [0.3, 0.4) is 0 Å². The van der Waals surface area contributed by atoms with E-state index in [9.17, 15) is 14.4 Å². The molecule has 0 unspecified atom stereocenters. The van der Waals surface area contributed by atoms with Gasteiger partial charge in [0.2, 0.25) is 5.91 Å². The van der Waals surface area contributed by atoms with Gasteiger partial charge in [-0.05, 0) is 19.1 Å². The zero-order valence-electron chi connectivity index (χ0n) is 15.1. The van der Waals surface area contributed by atoms with E-state index < -0.39 is 5.97 Å². The largest absolute Gasteiger partial charge is 0.469 e. The highest BCUT2D eigenvalue weighted by Gasteiger charge is 2.09. The van der Waals surface area contributed by atoms with Crippen LogP contribution in [0.25, 0.3) is 0 Å². The van der Waals surface area contributed by atoms with E-state index in [1.807, 2.05) is 6.92 Å². The molecule has 2 aromatic rings. The van der Waals surface area contributed by atoms with Crippen LogP contribution in [0.1, 0.15) is 11.3 Å². The molecule has 0 atom stereocenters. The average molecular weight is 408 g/mol. The van der Waals surface area contributed by atoms with Crippen LogP contribution < -0.4 is 10.9 Å². The summed E-state index contributed by atoms with van der Waals surface area (Å²) in [5.74, 6) is 0.265. The lowest BCUT2D eigenvalue weighted by atomic mass is 10.2. The fourth-order valence-electron chi connectivity index (χ4n) is 2.04. The molecule has 0 spiro atoms. The first-order valence-electron chi connectivity index (χ1n) is 8.22. The van der Waals surface area contributed by atoms with E-state index in [1.54, 1.807) is 11.8 Å². The molecule has 0 aliphatic heterocycles. The molecule has 1 amide bonds. The summed E-state index contributed by atoms with van der Waals surface area (Å²) in [5.41, 5.74) is 1.15. The number of hydrogen-bond acceptors (Lipinski definition) is 7. The normalized spacial score (nSPS) is 10.4. The number of aromatic amines is 1. The number of nitrogens with one attached hydrogen (secondary N) is 2. The Kier molecular flexibility index (Phi) is 8.41. The van der Waals surface area contributed by atoms with Gasteiger partial charge in [0.25, 0.3) is 5.56 Å². The van der Waals surface area contributed by atoms with E-state index in [4.69, 9.17) is 0 Å². The third-order valence-electron chi connectivity index (χ3n) is 3.38. The van der Waals surface area contributed by atoms with Gasteiger partial charge in [-0.2, -0.15) is 0 Å². The summed E-state index contributed by atoms with van der Waals surface area (Å²) >= 11 is 2.78. The molecule has 1 heterocycles. The van der Waals surface area contributed by atoms with E-state index in [0.717, 1.165) is 22.4 Å². The van der Waals surface area contributed by atoms with Crippen LogP contribution in [0, 0.1) is 6.92 Å². The number of H-pyrrole nitrogens is 1. The highest BCUT2D eigenvalue weighted by molar-refractivity contribution is 7.99. The van der Waals surface area contributed by atoms with Gasteiger partial charge in [0, 0.05) is 23.3 Å². The number of rotatable bonds is 9. The van der Waals surface area contributed by atoms with Crippen molar-refractivity contribution < 1.29 is 14.3 Å². The molecule has 2 rings (SSSR count). The molecule has 0 aliphatic carbocycles. The van der Waals surface area contributed by atoms with Crippen LogP contribution in [0.2, 0.25) is 0 Å². The molecule has 1 aromatic carbocycles. The Morgan fingerprint density at radius 1 is 1.22 bits per heavy atom. The minimum absolute atomic E-state index is 0.0869. The van der Waals surface area contributed by atoms with Gasteiger partial charge in [0.05, 0.1) is 25.0 Å². The van der Waals surface area contributed by atoms with Gasteiger partial charge < -0.3 is 15.0 Å². The predicted octanol–water partition coefficient (Wildman–Crippen LogP) is 1.79. The maximum absolute atomic E-state index is 11.9. The Bertz CT molecular complexity index is 837. The Labute approximate surface area is 165 Å². The van der Waals surface area contributed by atoms with Crippen LogP contribution >= 0.6 is 23.5 Å². The molecule has 2 N–H and O–H groups in total. The van der Waals surface area contributed by atoms with Crippen molar-refractivity contribution >= 4 is 35.4 Å². The maximum Gasteiger partial charge on any atom is 0.311 e. The Hall–Kier alpha value is -2.26. The third-order valence-corrected chi connectivity index (χ3v) is 5.27. The molecule has 0 radical (unpaired) electrons. The first-order valence-corrected chi connectivity index (χ1v) is 10.2. The number of hydrogen-bond donors (Lipinski definition) is 2. The van der Waals surface area contributed by atoms with Crippen LogP contribution in [0.4, 0.5) is 0 Å². The zero-order chi connectivity index (χ0) is 19.6. The summed E-state index contributed by atoms with van der Waals surface area (Å²) < 4.78 is 4.56. The molecule has 9 heteroatoms. The fraction of sp³-hybridized carbons (Fsp3) is 0.333. The number of ether oxygens (including phenoxy) is 1. The molecule has 1 aromatic heterocycles. The van der Waals surface area contributed by atoms with Gasteiger partial charge in [0.1, 0.15) is 0 Å². The first-order chi connectivity index (χ1) is 13.0. The Morgan fingerprint density at radius 3 is 2.67 bits per heavy atom. The smallest absolute Gasteiger partial charge is 0.311 e. The number of aromatic nitrogens is 2. The van der Waals surface area contributed by atoms with Crippen LogP contribution in [0.5, 0.6) is 0 Å². The molecule has 27 heavy (non-hydrogen) atoms. The van der Waals surface area contributed by atoms with Crippen molar-refractivity contribution in [3.8, 4) is 0 Å². The van der Waals surface area contributed by atoms with Crippen molar-refractivity contribution in [1.82, 2.24) is 15.3 Å². The number of nitrogens with zero attached hydrogens (tertiary/aromatic N) is 1. The van der Waals surface area contributed by atoms with Crippen LogP contribution in [-0.4, -0.2) is 47.0 Å². The Morgan fingerprint density at radius 2 is 1.96 bits per heavy atom. The zero-order valence-corrected chi connectivity index (χ0v) is 16.7. The second-order valence-corrected chi connectivity index (χ2v) is 7.73. The molecule has 0 bridgehead atoms. The highest BCUT2D eigenvalue weighted by Crippen LogP contribution is 2.17. The topological polar surface area (TPSA) is 101 Å². The van der Waals surface area contributed by atoms with E-state index >= 15 is 0 Å². The lowest BCUT2D eigenvalue weighted by molar-refractivity contribution is -0.139. The van der Waals surface area contributed by atoms with Crippen molar-refractivity contribution in [3.63, 3.8) is 0 Å². The van der Waals surface area contributed by atoms with Gasteiger partial charge in [-0.15, -0.1) is 11.8 Å². The summed E-state index contributed by atoms with van der Waals surface area (Å²) in [6, 6.07) is 9.46. The summed E-state index contributed by atoms with van der Waals surface area (Å²) in [6.07, 6.45) is -0.0869. The number of esters is 1. The fourth-order valence-corrected chi connectivity index (χ4v) is 3.53. The second-order valence-electron chi connectivity index (χ2n) is 5.59. The van der Waals surface area contributed by atoms with E-state index in [2.05, 4.69) is 44.3 Å². The third kappa shape index (κ3) is 7.88.